The molecule has 0 bridgehead atoms. The number of unbranched alkanes of at least 4 members (excludes halogenated alkanes) is 7. The van der Waals surface area contributed by atoms with Crippen molar-refractivity contribution in [3.63, 3.8) is 0 Å². The number of carboxylic acid groups (broad SMARTS) is 1. The van der Waals surface area contributed by atoms with E-state index in [1.807, 2.05) is 30.5 Å². The zero-order valence-electron chi connectivity index (χ0n) is 16.5. The third kappa shape index (κ3) is 7.35. The molecule has 0 unspecified atom stereocenters. The van der Waals surface area contributed by atoms with Gasteiger partial charge >= 0.3 is 5.97 Å². The van der Waals surface area contributed by atoms with Crippen molar-refractivity contribution in [2.24, 2.45) is 0 Å². The second-order valence-corrected chi connectivity index (χ2v) is 7.32. The van der Waals surface area contributed by atoms with Crippen LogP contribution in [0.4, 0.5) is 0 Å². The standard InChI is InChI=1S/C22H32N2O4/c25-14-10-6-4-2-1-3-5-7-13-21(26)24-20(22(27)28)15-17-16-23-19-12-9-8-11-18(17)19/h8-9,11-12,16,20,23,25H,1-7,10,13-15H2,(H,24,26)(H,27,28)/t20-/m0/s1. The number of aromatic nitrogens is 1. The molecule has 28 heavy (non-hydrogen) atoms. The van der Waals surface area contributed by atoms with Crippen LogP contribution in [-0.2, 0) is 16.0 Å². The van der Waals surface area contributed by atoms with Gasteiger partial charge in [-0.2, -0.15) is 0 Å². The number of carbonyl (C=O) groups excluding carboxylic acids is 1. The summed E-state index contributed by atoms with van der Waals surface area (Å²) in [5.41, 5.74) is 1.86. The summed E-state index contributed by atoms with van der Waals surface area (Å²) in [6, 6.07) is 6.82. The first-order valence-corrected chi connectivity index (χ1v) is 10.3. The minimum atomic E-state index is -1.01. The van der Waals surface area contributed by atoms with Gasteiger partial charge in [-0.3, -0.25) is 4.79 Å². The largest absolute Gasteiger partial charge is 0.480 e. The molecule has 1 heterocycles. The lowest BCUT2D eigenvalue weighted by atomic mass is 10.0. The number of H-pyrrole nitrogens is 1. The topological polar surface area (TPSA) is 102 Å². The maximum Gasteiger partial charge on any atom is 0.326 e. The molecule has 0 aliphatic heterocycles. The van der Waals surface area contributed by atoms with Gasteiger partial charge < -0.3 is 20.5 Å². The van der Waals surface area contributed by atoms with E-state index < -0.39 is 12.0 Å². The molecule has 2 aromatic rings. The highest BCUT2D eigenvalue weighted by molar-refractivity contribution is 5.86. The lowest BCUT2D eigenvalue weighted by Crippen LogP contribution is -2.42. The van der Waals surface area contributed by atoms with Crippen molar-refractivity contribution in [1.82, 2.24) is 10.3 Å². The van der Waals surface area contributed by atoms with Crippen LogP contribution >= 0.6 is 0 Å². The molecule has 0 radical (unpaired) electrons. The summed E-state index contributed by atoms with van der Waals surface area (Å²) in [7, 11) is 0. The van der Waals surface area contributed by atoms with E-state index in [9.17, 15) is 14.7 Å². The monoisotopic (exact) mass is 388 g/mol. The van der Waals surface area contributed by atoms with Gasteiger partial charge in [0.25, 0.3) is 0 Å². The molecule has 0 saturated carbocycles. The highest BCUT2D eigenvalue weighted by atomic mass is 16.4. The molecule has 0 spiro atoms. The van der Waals surface area contributed by atoms with Crippen LogP contribution in [0.3, 0.4) is 0 Å². The van der Waals surface area contributed by atoms with Crippen molar-refractivity contribution >= 4 is 22.8 Å². The average Bonchev–Trinajstić information content (AvgIpc) is 3.09. The third-order valence-electron chi connectivity index (χ3n) is 5.04. The Labute approximate surface area is 166 Å². The average molecular weight is 389 g/mol. The van der Waals surface area contributed by atoms with Crippen LogP contribution in [0.2, 0.25) is 0 Å². The van der Waals surface area contributed by atoms with Crippen molar-refractivity contribution in [3.05, 3.63) is 36.0 Å². The van der Waals surface area contributed by atoms with E-state index in [0.717, 1.165) is 67.8 Å². The fraction of sp³-hybridized carbons (Fsp3) is 0.545. The number of fused-ring (bicyclic) bond motifs is 1. The minimum Gasteiger partial charge on any atom is -0.480 e. The first kappa shape index (κ1) is 22.0. The van der Waals surface area contributed by atoms with Crippen LogP contribution in [0.15, 0.2) is 30.5 Å². The second kappa shape index (κ2) is 12.2. The molecule has 1 aromatic heterocycles. The Bertz CT molecular complexity index is 741. The highest BCUT2D eigenvalue weighted by Gasteiger charge is 2.21. The van der Waals surface area contributed by atoms with E-state index in [4.69, 9.17) is 5.11 Å². The summed E-state index contributed by atoms with van der Waals surface area (Å²) in [6.45, 7) is 0.271. The number of aromatic amines is 1. The molecule has 1 atom stereocenters. The van der Waals surface area contributed by atoms with Gasteiger partial charge in [-0.1, -0.05) is 56.7 Å². The van der Waals surface area contributed by atoms with E-state index >= 15 is 0 Å². The Hall–Kier alpha value is -2.34. The van der Waals surface area contributed by atoms with E-state index in [1.54, 1.807) is 0 Å². The number of benzene rings is 1. The minimum absolute atomic E-state index is 0.199. The van der Waals surface area contributed by atoms with Crippen LogP contribution in [0.5, 0.6) is 0 Å². The summed E-state index contributed by atoms with van der Waals surface area (Å²) < 4.78 is 0. The first-order valence-electron chi connectivity index (χ1n) is 10.3. The predicted molar refractivity (Wildman–Crippen MR) is 110 cm³/mol. The Morgan fingerprint density at radius 3 is 2.29 bits per heavy atom. The maximum atomic E-state index is 12.2. The number of amides is 1. The summed E-state index contributed by atoms with van der Waals surface area (Å²) >= 11 is 0. The maximum absolute atomic E-state index is 12.2. The van der Waals surface area contributed by atoms with Crippen LogP contribution in [0, 0.1) is 0 Å². The van der Waals surface area contributed by atoms with Crippen LogP contribution < -0.4 is 5.32 Å². The zero-order chi connectivity index (χ0) is 20.2. The highest BCUT2D eigenvalue weighted by Crippen LogP contribution is 2.19. The lowest BCUT2D eigenvalue weighted by Gasteiger charge is -2.14. The second-order valence-electron chi connectivity index (χ2n) is 7.32. The van der Waals surface area contributed by atoms with E-state index in [0.29, 0.717) is 6.42 Å². The number of carboxylic acids is 1. The fourth-order valence-electron chi connectivity index (χ4n) is 3.45. The smallest absolute Gasteiger partial charge is 0.326 e. The van der Waals surface area contributed by atoms with Crippen molar-refractivity contribution < 1.29 is 19.8 Å². The summed E-state index contributed by atoms with van der Waals surface area (Å²) in [4.78, 5) is 26.9. The normalized spacial score (nSPS) is 12.2. The molecule has 1 aromatic carbocycles. The number of para-hydroxylation sites is 1. The Balaban J connectivity index is 1.69. The molecule has 0 aliphatic rings. The van der Waals surface area contributed by atoms with Crippen LogP contribution in [-0.4, -0.2) is 39.7 Å². The molecule has 6 heteroatoms. The van der Waals surface area contributed by atoms with E-state index in [2.05, 4.69) is 10.3 Å². The molecular weight excluding hydrogens is 356 g/mol. The van der Waals surface area contributed by atoms with Gasteiger partial charge in [-0.05, 0) is 24.5 Å². The number of aliphatic carboxylic acids is 1. The molecule has 154 valence electrons. The molecular formula is C22H32N2O4. The van der Waals surface area contributed by atoms with Crippen molar-refractivity contribution in [1.29, 1.82) is 0 Å². The van der Waals surface area contributed by atoms with Gasteiger partial charge in [0.2, 0.25) is 5.91 Å². The van der Waals surface area contributed by atoms with Gasteiger partial charge in [-0.25, -0.2) is 4.79 Å². The summed E-state index contributed by atoms with van der Waals surface area (Å²) in [5, 5.41) is 21.9. The summed E-state index contributed by atoms with van der Waals surface area (Å²) in [5.74, 6) is -1.21. The molecule has 2 rings (SSSR count). The van der Waals surface area contributed by atoms with Gasteiger partial charge in [-0.15, -0.1) is 0 Å². The number of carbonyl (C=O) groups is 2. The number of hydrogen-bond acceptors (Lipinski definition) is 3. The van der Waals surface area contributed by atoms with Gasteiger partial charge in [0.1, 0.15) is 6.04 Å². The number of hydrogen-bond donors (Lipinski definition) is 4. The fourth-order valence-corrected chi connectivity index (χ4v) is 3.45. The van der Waals surface area contributed by atoms with Crippen molar-refractivity contribution in [3.8, 4) is 0 Å². The van der Waals surface area contributed by atoms with Crippen LogP contribution in [0.1, 0.15) is 63.4 Å². The van der Waals surface area contributed by atoms with Gasteiger partial charge in [0.05, 0.1) is 0 Å². The quantitative estimate of drug-likeness (QED) is 0.370. The van der Waals surface area contributed by atoms with Gasteiger partial charge in [0.15, 0.2) is 0 Å². The Kier molecular flexibility index (Phi) is 9.55. The molecule has 0 fully saturated rings. The summed E-state index contributed by atoms with van der Waals surface area (Å²) in [6.07, 6.45) is 10.7. The Morgan fingerprint density at radius 2 is 1.61 bits per heavy atom. The lowest BCUT2D eigenvalue weighted by molar-refractivity contribution is -0.141. The number of rotatable bonds is 14. The van der Waals surface area contributed by atoms with Gasteiger partial charge in [0, 0.05) is 36.5 Å². The molecule has 6 nitrogen and oxygen atoms in total. The molecule has 0 aliphatic carbocycles. The third-order valence-corrected chi connectivity index (χ3v) is 5.04. The van der Waals surface area contributed by atoms with Crippen molar-refractivity contribution in [2.45, 2.75) is 70.3 Å². The number of aliphatic hydroxyl groups excluding tert-OH is 1. The zero-order valence-corrected chi connectivity index (χ0v) is 16.5. The van der Waals surface area contributed by atoms with E-state index in [-0.39, 0.29) is 18.9 Å². The van der Waals surface area contributed by atoms with Crippen molar-refractivity contribution in [2.75, 3.05) is 6.61 Å². The molecule has 0 saturated heterocycles. The first-order chi connectivity index (χ1) is 13.6. The van der Waals surface area contributed by atoms with E-state index in [1.165, 1.54) is 0 Å². The van der Waals surface area contributed by atoms with Crippen LogP contribution in [0.25, 0.3) is 10.9 Å². The molecule has 4 N–H and O–H groups in total. The number of nitrogens with one attached hydrogen (secondary N) is 2. The predicted octanol–water partition coefficient (Wildman–Crippen LogP) is 3.78. The number of aliphatic hydroxyl groups is 1. The molecule has 1 amide bonds. The Morgan fingerprint density at radius 1 is 0.964 bits per heavy atom. The SMILES string of the molecule is O=C(CCCCCCCCCCO)N[C@@H](Cc1c[nH]c2ccccc12)C(=O)O.